The van der Waals surface area contributed by atoms with Gasteiger partial charge in [0.1, 0.15) is 0 Å². The van der Waals surface area contributed by atoms with E-state index in [4.69, 9.17) is 5.11 Å². The Hall–Kier alpha value is -1.60. The summed E-state index contributed by atoms with van der Waals surface area (Å²) >= 11 is 0. The van der Waals surface area contributed by atoms with E-state index in [1.807, 2.05) is 6.07 Å². The molecule has 2 aromatic carbocycles. The van der Waals surface area contributed by atoms with Gasteiger partial charge in [-0.1, -0.05) is 48.5 Å². The average Bonchev–Trinajstić information content (AvgIpc) is 2.39. The fourth-order valence-corrected chi connectivity index (χ4v) is 2.04. The second kappa shape index (κ2) is 5.65. The molecular weight excluding hydrogens is 208 g/mol. The highest BCUT2D eigenvalue weighted by molar-refractivity contribution is 5.67. The van der Waals surface area contributed by atoms with Gasteiger partial charge < -0.3 is 5.11 Å². The summed E-state index contributed by atoms with van der Waals surface area (Å²) < 4.78 is 0. The number of rotatable bonds is 4. The van der Waals surface area contributed by atoms with E-state index in [1.54, 1.807) is 0 Å². The summed E-state index contributed by atoms with van der Waals surface area (Å²) in [7, 11) is 0. The second-order valence-electron chi connectivity index (χ2n) is 4.34. The third-order valence-electron chi connectivity index (χ3n) is 3.01. The molecule has 0 radical (unpaired) electrons. The minimum Gasteiger partial charge on any atom is -0.396 e. The van der Waals surface area contributed by atoms with Crippen molar-refractivity contribution < 1.29 is 5.11 Å². The van der Waals surface area contributed by atoms with Gasteiger partial charge in [0.05, 0.1) is 0 Å². The molecular formula is C16H18O. The van der Waals surface area contributed by atoms with Gasteiger partial charge in [-0.15, -0.1) is 0 Å². The van der Waals surface area contributed by atoms with E-state index < -0.39 is 0 Å². The second-order valence-corrected chi connectivity index (χ2v) is 4.34. The van der Waals surface area contributed by atoms with Crippen LogP contribution in [0.2, 0.25) is 0 Å². The maximum atomic E-state index is 8.87. The van der Waals surface area contributed by atoms with Gasteiger partial charge in [0.2, 0.25) is 0 Å². The van der Waals surface area contributed by atoms with Crippen molar-refractivity contribution in [2.75, 3.05) is 6.61 Å². The first-order chi connectivity index (χ1) is 8.31. The lowest BCUT2D eigenvalue weighted by atomic mass is 9.97. The quantitative estimate of drug-likeness (QED) is 0.844. The van der Waals surface area contributed by atoms with Gasteiger partial charge in [-0.05, 0) is 42.0 Å². The molecule has 0 atom stereocenters. The standard InChI is InChI=1S/C16H18O/c1-13-9-10-14(6-5-11-17)12-16(13)15-7-3-2-4-8-15/h2-4,7-10,12,17H,5-6,11H2,1H3. The van der Waals surface area contributed by atoms with E-state index >= 15 is 0 Å². The van der Waals surface area contributed by atoms with E-state index in [1.165, 1.54) is 22.3 Å². The molecule has 17 heavy (non-hydrogen) atoms. The van der Waals surface area contributed by atoms with E-state index in [0.29, 0.717) is 0 Å². The third-order valence-corrected chi connectivity index (χ3v) is 3.01. The Morgan fingerprint density at radius 2 is 1.76 bits per heavy atom. The van der Waals surface area contributed by atoms with E-state index in [0.717, 1.165) is 12.8 Å². The Kier molecular flexibility index (Phi) is 3.94. The van der Waals surface area contributed by atoms with Crippen molar-refractivity contribution >= 4 is 0 Å². The van der Waals surface area contributed by atoms with Gasteiger partial charge in [-0.3, -0.25) is 0 Å². The van der Waals surface area contributed by atoms with E-state index in [9.17, 15) is 0 Å². The molecule has 0 fully saturated rings. The molecule has 0 spiro atoms. The van der Waals surface area contributed by atoms with Crippen LogP contribution in [0.5, 0.6) is 0 Å². The van der Waals surface area contributed by atoms with Crippen molar-refractivity contribution in [2.45, 2.75) is 19.8 Å². The molecule has 0 aliphatic carbocycles. The lowest BCUT2D eigenvalue weighted by Gasteiger charge is -2.09. The number of hydrogen-bond acceptors (Lipinski definition) is 1. The summed E-state index contributed by atoms with van der Waals surface area (Å²) in [6.45, 7) is 2.40. The Morgan fingerprint density at radius 1 is 1.00 bits per heavy atom. The predicted molar refractivity (Wildman–Crippen MR) is 72.0 cm³/mol. The molecule has 1 nitrogen and oxygen atoms in total. The normalized spacial score (nSPS) is 10.5. The van der Waals surface area contributed by atoms with Crippen LogP contribution in [0.4, 0.5) is 0 Å². The number of hydrogen-bond donors (Lipinski definition) is 1. The highest BCUT2D eigenvalue weighted by Gasteiger charge is 2.02. The Balaban J connectivity index is 2.33. The van der Waals surface area contributed by atoms with Gasteiger partial charge in [0.15, 0.2) is 0 Å². The van der Waals surface area contributed by atoms with Gasteiger partial charge >= 0.3 is 0 Å². The van der Waals surface area contributed by atoms with Crippen LogP contribution in [0, 0.1) is 6.92 Å². The van der Waals surface area contributed by atoms with Crippen LogP contribution in [0.1, 0.15) is 17.5 Å². The van der Waals surface area contributed by atoms with E-state index in [-0.39, 0.29) is 6.61 Å². The third kappa shape index (κ3) is 2.95. The Bertz CT molecular complexity index is 474. The Labute approximate surface area is 103 Å². The molecule has 2 aromatic rings. The van der Waals surface area contributed by atoms with Gasteiger partial charge in [-0.25, -0.2) is 0 Å². The zero-order valence-corrected chi connectivity index (χ0v) is 10.2. The molecule has 1 heteroatoms. The van der Waals surface area contributed by atoms with Crippen LogP contribution in [0.3, 0.4) is 0 Å². The van der Waals surface area contributed by atoms with Gasteiger partial charge in [-0.2, -0.15) is 0 Å². The molecule has 2 rings (SSSR count). The fraction of sp³-hybridized carbons (Fsp3) is 0.250. The highest BCUT2D eigenvalue weighted by atomic mass is 16.2. The molecule has 0 aliphatic heterocycles. The molecule has 0 aliphatic rings. The summed E-state index contributed by atoms with van der Waals surface area (Å²) in [5.41, 5.74) is 5.14. The molecule has 0 saturated heterocycles. The first-order valence-corrected chi connectivity index (χ1v) is 6.07. The molecule has 0 unspecified atom stereocenters. The number of aliphatic hydroxyl groups excluding tert-OH is 1. The van der Waals surface area contributed by atoms with Crippen LogP contribution in [0.25, 0.3) is 11.1 Å². The van der Waals surface area contributed by atoms with Crippen LogP contribution in [-0.4, -0.2) is 11.7 Å². The summed E-state index contributed by atoms with van der Waals surface area (Å²) in [5.74, 6) is 0. The van der Waals surface area contributed by atoms with Crippen molar-refractivity contribution in [3.05, 3.63) is 59.7 Å². The van der Waals surface area contributed by atoms with Crippen LogP contribution < -0.4 is 0 Å². The van der Waals surface area contributed by atoms with Crippen molar-refractivity contribution in [1.29, 1.82) is 0 Å². The molecule has 0 bridgehead atoms. The van der Waals surface area contributed by atoms with Crippen LogP contribution >= 0.6 is 0 Å². The van der Waals surface area contributed by atoms with Crippen molar-refractivity contribution in [3.8, 4) is 11.1 Å². The molecule has 88 valence electrons. The minimum atomic E-state index is 0.258. The summed E-state index contributed by atoms with van der Waals surface area (Å²) in [6.07, 6.45) is 1.77. The molecule has 1 N–H and O–H groups in total. The maximum absolute atomic E-state index is 8.87. The zero-order chi connectivity index (χ0) is 12.1. The monoisotopic (exact) mass is 226 g/mol. The minimum absolute atomic E-state index is 0.258. The van der Waals surface area contributed by atoms with Crippen LogP contribution in [0.15, 0.2) is 48.5 Å². The van der Waals surface area contributed by atoms with E-state index in [2.05, 4.69) is 49.4 Å². The van der Waals surface area contributed by atoms with Gasteiger partial charge in [0.25, 0.3) is 0 Å². The topological polar surface area (TPSA) is 20.2 Å². The molecule has 0 aromatic heterocycles. The van der Waals surface area contributed by atoms with Crippen molar-refractivity contribution in [1.82, 2.24) is 0 Å². The predicted octanol–water partition coefficient (Wildman–Crippen LogP) is 3.59. The molecule has 0 heterocycles. The number of aryl methyl sites for hydroxylation is 2. The summed E-state index contributed by atoms with van der Waals surface area (Å²) in [4.78, 5) is 0. The lowest BCUT2D eigenvalue weighted by Crippen LogP contribution is -1.91. The number of aliphatic hydroxyl groups is 1. The summed E-state index contributed by atoms with van der Waals surface area (Å²) in [5, 5.41) is 8.87. The summed E-state index contributed by atoms with van der Waals surface area (Å²) in [6, 6.07) is 17.0. The Morgan fingerprint density at radius 3 is 2.47 bits per heavy atom. The smallest absolute Gasteiger partial charge is 0.0434 e. The SMILES string of the molecule is Cc1ccc(CCCO)cc1-c1ccccc1. The molecule has 0 saturated carbocycles. The van der Waals surface area contributed by atoms with Gasteiger partial charge in [0, 0.05) is 6.61 Å². The molecule has 0 amide bonds. The number of benzene rings is 2. The largest absolute Gasteiger partial charge is 0.396 e. The first kappa shape index (κ1) is 11.9. The average molecular weight is 226 g/mol. The lowest BCUT2D eigenvalue weighted by molar-refractivity contribution is 0.288. The zero-order valence-electron chi connectivity index (χ0n) is 10.2. The fourth-order valence-electron chi connectivity index (χ4n) is 2.04. The van der Waals surface area contributed by atoms with Crippen molar-refractivity contribution in [3.63, 3.8) is 0 Å². The maximum Gasteiger partial charge on any atom is 0.0434 e. The first-order valence-electron chi connectivity index (χ1n) is 6.07. The highest BCUT2D eigenvalue weighted by Crippen LogP contribution is 2.24. The van der Waals surface area contributed by atoms with Crippen LogP contribution in [-0.2, 0) is 6.42 Å². The van der Waals surface area contributed by atoms with Crippen molar-refractivity contribution in [2.24, 2.45) is 0 Å².